The number of carbonyl (C=O) groups is 1. The van der Waals surface area contributed by atoms with Crippen LogP contribution < -0.4 is 10.6 Å². The molecule has 0 spiro atoms. The molecule has 0 saturated carbocycles. The highest BCUT2D eigenvalue weighted by Gasteiger charge is 2.28. The fourth-order valence-corrected chi connectivity index (χ4v) is 3.85. The molecule has 0 aliphatic carbocycles. The van der Waals surface area contributed by atoms with Crippen LogP contribution in [0.15, 0.2) is 5.38 Å². The summed E-state index contributed by atoms with van der Waals surface area (Å²) < 4.78 is 5.46. The third kappa shape index (κ3) is 5.12. The molecular weight excluding hydrogens is 336 g/mol. The van der Waals surface area contributed by atoms with Crippen molar-refractivity contribution in [2.45, 2.75) is 45.4 Å². The van der Waals surface area contributed by atoms with Crippen molar-refractivity contribution in [1.82, 2.24) is 9.88 Å². The molecule has 6 nitrogen and oxygen atoms in total. The highest BCUT2D eigenvalue weighted by Crippen LogP contribution is 2.25. The van der Waals surface area contributed by atoms with Gasteiger partial charge in [-0.15, -0.1) is 23.7 Å². The first-order valence-electron chi connectivity index (χ1n) is 7.78. The lowest BCUT2D eigenvalue weighted by atomic mass is 9.99. The predicted octanol–water partition coefficient (Wildman–Crippen LogP) is 1.88. The van der Waals surface area contributed by atoms with Crippen LogP contribution >= 0.6 is 23.7 Å². The SMILES string of the molecule is CCN(C(C)=O)c1nc(CN2CCC(OC)CC2CN)cs1.Cl. The lowest BCUT2D eigenvalue weighted by molar-refractivity contribution is -0.116. The summed E-state index contributed by atoms with van der Waals surface area (Å²) in [7, 11) is 1.77. The molecule has 0 bridgehead atoms. The Morgan fingerprint density at radius 1 is 1.61 bits per heavy atom. The monoisotopic (exact) mass is 362 g/mol. The van der Waals surface area contributed by atoms with Gasteiger partial charge in [-0.25, -0.2) is 4.98 Å². The summed E-state index contributed by atoms with van der Waals surface area (Å²) >= 11 is 1.52. The number of nitrogens with two attached hydrogens (primary N) is 1. The Bertz CT molecular complexity index is 500. The zero-order valence-electron chi connectivity index (χ0n) is 14.0. The van der Waals surface area contributed by atoms with Gasteiger partial charge in [0.15, 0.2) is 5.13 Å². The Balaban J connectivity index is 0.00000264. The molecule has 1 aromatic heterocycles. The van der Waals surface area contributed by atoms with Crippen LogP contribution in [0.4, 0.5) is 5.13 Å². The van der Waals surface area contributed by atoms with Gasteiger partial charge >= 0.3 is 0 Å². The van der Waals surface area contributed by atoms with Gasteiger partial charge < -0.3 is 10.5 Å². The molecule has 0 radical (unpaired) electrons. The van der Waals surface area contributed by atoms with Crippen LogP contribution in [0.25, 0.3) is 0 Å². The van der Waals surface area contributed by atoms with Crippen molar-refractivity contribution in [3.8, 4) is 0 Å². The first kappa shape index (κ1) is 20.3. The van der Waals surface area contributed by atoms with E-state index in [0.717, 1.165) is 36.8 Å². The molecule has 1 saturated heterocycles. The van der Waals surface area contributed by atoms with E-state index in [4.69, 9.17) is 10.5 Å². The number of halogens is 1. The van der Waals surface area contributed by atoms with Crippen molar-refractivity contribution < 1.29 is 9.53 Å². The maximum atomic E-state index is 11.6. The van der Waals surface area contributed by atoms with Gasteiger partial charge in [-0.3, -0.25) is 14.6 Å². The minimum absolute atomic E-state index is 0. The number of rotatable bonds is 6. The lowest BCUT2D eigenvalue weighted by Gasteiger charge is -2.38. The van der Waals surface area contributed by atoms with Gasteiger partial charge in [-0.2, -0.15) is 0 Å². The molecule has 1 aliphatic heterocycles. The van der Waals surface area contributed by atoms with E-state index in [-0.39, 0.29) is 18.3 Å². The largest absolute Gasteiger partial charge is 0.381 e. The van der Waals surface area contributed by atoms with Crippen LogP contribution in [0.5, 0.6) is 0 Å². The van der Waals surface area contributed by atoms with Gasteiger partial charge in [-0.1, -0.05) is 0 Å². The molecule has 2 heterocycles. The number of hydrogen-bond donors (Lipinski definition) is 1. The van der Waals surface area contributed by atoms with Gasteiger partial charge in [0.05, 0.1) is 11.8 Å². The van der Waals surface area contributed by atoms with Crippen molar-refractivity contribution in [2.24, 2.45) is 5.73 Å². The summed E-state index contributed by atoms with van der Waals surface area (Å²) in [6.45, 7) is 6.56. The zero-order valence-corrected chi connectivity index (χ0v) is 15.7. The molecule has 8 heteroatoms. The number of amides is 1. The molecule has 0 aromatic carbocycles. The molecular formula is C15H27ClN4O2S. The van der Waals surface area contributed by atoms with Crippen LogP contribution in [-0.4, -0.2) is 54.7 Å². The summed E-state index contributed by atoms with van der Waals surface area (Å²) in [4.78, 5) is 20.3. The van der Waals surface area contributed by atoms with Crippen molar-refractivity contribution in [3.05, 3.63) is 11.1 Å². The number of nitrogens with zero attached hydrogens (tertiary/aromatic N) is 3. The van der Waals surface area contributed by atoms with Gasteiger partial charge in [0.25, 0.3) is 0 Å². The molecule has 2 rings (SSSR count). The van der Waals surface area contributed by atoms with Gasteiger partial charge in [0.1, 0.15) is 0 Å². The first-order valence-corrected chi connectivity index (χ1v) is 8.66. The van der Waals surface area contributed by atoms with E-state index < -0.39 is 0 Å². The highest BCUT2D eigenvalue weighted by molar-refractivity contribution is 7.14. The topological polar surface area (TPSA) is 71.7 Å². The summed E-state index contributed by atoms with van der Waals surface area (Å²) in [6, 6.07) is 0.332. The summed E-state index contributed by atoms with van der Waals surface area (Å²) in [5.74, 6) is 0.0316. The van der Waals surface area contributed by atoms with E-state index in [0.29, 0.717) is 25.2 Å². The van der Waals surface area contributed by atoms with E-state index in [1.54, 1.807) is 18.9 Å². The van der Waals surface area contributed by atoms with Crippen molar-refractivity contribution in [2.75, 3.05) is 31.6 Å². The second kappa shape index (κ2) is 9.54. The Kier molecular flexibility index (Phi) is 8.42. The molecule has 2 N–H and O–H groups in total. The minimum atomic E-state index is 0. The molecule has 23 heavy (non-hydrogen) atoms. The first-order chi connectivity index (χ1) is 10.6. The smallest absolute Gasteiger partial charge is 0.225 e. The van der Waals surface area contributed by atoms with Crippen LogP contribution in [-0.2, 0) is 16.1 Å². The van der Waals surface area contributed by atoms with Crippen LogP contribution in [0.3, 0.4) is 0 Å². The van der Waals surface area contributed by atoms with Crippen molar-refractivity contribution >= 4 is 34.8 Å². The third-order valence-electron chi connectivity index (χ3n) is 4.23. The third-order valence-corrected chi connectivity index (χ3v) is 5.14. The molecule has 1 fully saturated rings. The number of ether oxygens (including phenoxy) is 1. The maximum Gasteiger partial charge on any atom is 0.225 e. The number of hydrogen-bond acceptors (Lipinski definition) is 6. The van der Waals surface area contributed by atoms with Gasteiger partial charge in [-0.05, 0) is 19.8 Å². The Hall–Kier alpha value is -0.730. The number of aromatic nitrogens is 1. The summed E-state index contributed by atoms with van der Waals surface area (Å²) in [6.07, 6.45) is 2.31. The summed E-state index contributed by atoms with van der Waals surface area (Å²) in [5.41, 5.74) is 6.92. The molecule has 132 valence electrons. The number of methoxy groups -OCH3 is 1. The van der Waals surface area contributed by atoms with Gasteiger partial charge in [0, 0.05) is 51.6 Å². The van der Waals surface area contributed by atoms with Crippen molar-refractivity contribution in [3.63, 3.8) is 0 Å². The molecule has 1 aliphatic rings. The summed E-state index contributed by atoms with van der Waals surface area (Å²) in [5, 5.41) is 2.82. The highest BCUT2D eigenvalue weighted by atomic mass is 35.5. The zero-order chi connectivity index (χ0) is 16.1. The van der Waals surface area contributed by atoms with Crippen LogP contribution in [0, 0.1) is 0 Å². The second-order valence-corrected chi connectivity index (χ2v) is 6.46. The molecule has 1 amide bonds. The van der Waals surface area contributed by atoms with E-state index >= 15 is 0 Å². The van der Waals surface area contributed by atoms with E-state index in [2.05, 4.69) is 9.88 Å². The number of thiazole rings is 1. The second-order valence-electron chi connectivity index (χ2n) is 5.63. The Labute approximate surface area is 148 Å². The van der Waals surface area contributed by atoms with Crippen LogP contribution in [0.2, 0.25) is 0 Å². The predicted molar refractivity (Wildman–Crippen MR) is 96.3 cm³/mol. The maximum absolute atomic E-state index is 11.6. The number of likely N-dealkylation sites (tertiary alicyclic amines) is 1. The van der Waals surface area contributed by atoms with Gasteiger partial charge in [0.2, 0.25) is 5.91 Å². The fourth-order valence-electron chi connectivity index (χ4n) is 2.92. The van der Waals surface area contributed by atoms with E-state index in [1.807, 2.05) is 12.3 Å². The van der Waals surface area contributed by atoms with Crippen molar-refractivity contribution in [1.29, 1.82) is 0 Å². The average molecular weight is 363 g/mol. The average Bonchev–Trinajstić information content (AvgIpc) is 2.96. The molecule has 2 atom stereocenters. The molecule has 2 unspecified atom stereocenters. The Morgan fingerprint density at radius 3 is 2.91 bits per heavy atom. The van der Waals surface area contributed by atoms with E-state index in [1.165, 1.54) is 11.3 Å². The quantitative estimate of drug-likeness (QED) is 0.836. The Morgan fingerprint density at radius 2 is 2.35 bits per heavy atom. The number of piperidine rings is 1. The van der Waals surface area contributed by atoms with E-state index in [9.17, 15) is 4.79 Å². The standard InChI is InChI=1S/C15H26N4O2S.ClH/c1-4-19(11(2)20)15-17-12(10-22-15)9-18-6-5-14(21-3)7-13(18)8-16;/h10,13-14H,4-9,16H2,1-3H3;1H. The normalized spacial score (nSPS) is 21.7. The number of anilines is 1. The number of carbonyl (C=O) groups excluding carboxylic acids is 1. The van der Waals surface area contributed by atoms with Crippen LogP contribution in [0.1, 0.15) is 32.4 Å². The molecule has 1 aromatic rings. The minimum Gasteiger partial charge on any atom is -0.381 e. The lowest BCUT2D eigenvalue weighted by Crippen LogP contribution is -2.48. The fraction of sp³-hybridized carbons (Fsp3) is 0.733.